The summed E-state index contributed by atoms with van der Waals surface area (Å²) in [5.74, 6) is 0.538. The predicted molar refractivity (Wildman–Crippen MR) is 103 cm³/mol. The Labute approximate surface area is 148 Å². The maximum Gasteiger partial charge on any atom is 0.225 e. The van der Waals surface area contributed by atoms with Crippen molar-refractivity contribution in [2.24, 2.45) is 0 Å². The van der Waals surface area contributed by atoms with Crippen molar-refractivity contribution in [1.29, 1.82) is 0 Å². The van der Waals surface area contributed by atoms with Gasteiger partial charge in [-0.15, -0.1) is 0 Å². The van der Waals surface area contributed by atoms with Crippen LogP contribution in [0, 0.1) is 0 Å². The van der Waals surface area contributed by atoms with Crippen molar-refractivity contribution in [3.05, 3.63) is 42.6 Å². The number of hydrogen-bond donors (Lipinski definition) is 2. The second-order valence-electron chi connectivity index (χ2n) is 6.30. The third-order valence-electron chi connectivity index (χ3n) is 4.38. The molecule has 1 aromatic heterocycles. The van der Waals surface area contributed by atoms with E-state index >= 15 is 0 Å². The molecule has 0 saturated carbocycles. The number of carbonyl (C=O) groups is 1. The maximum absolute atomic E-state index is 11.4. The quantitative estimate of drug-likeness (QED) is 0.877. The van der Waals surface area contributed by atoms with Gasteiger partial charge < -0.3 is 20.4 Å². The van der Waals surface area contributed by atoms with Crippen LogP contribution in [0.5, 0.6) is 0 Å². The maximum atomic E-state index is 11.4. The lowest BCUT2D eigenvalue weighted by Gasteiger charge is -2.34. The second-order valence-corrected chi connectivity index (χ2v) is 6.30. The van der Waals surface area contributed by atoms with Crippen LogP contribution in [0.3, 0.4) is 0 Å². The molecule has 0 atom stereocenters. The van der Waals surface area contributed by atoms with E-state index in [1.54, 1.807) is 12.3 Å². The average molecular weight is 339 g/mol. The van der Waals surface area contributed by atoms with E-state index in [1.165, 1.54) is 5.69 Å². The van der Waals surface area contributed by atoms with Gasteiger partial charge in [0.15, 0.2) is 0 Å². The number of likely N-dealkylation sites (N-methyl/N-ethyl adjacent to an activating group) is 1. The number of rotatable bonds is 5. The number of carbonyl (C=O) groups excluding carboxylic acids is 1. The topological polar surface area (TPSA) is 60.5 Å². The first-order chi connectivity index (χ1) is 12.1. The number of benzene rings is 1. The summed E-state index contributed by atoms with van der Waals surface area (Å²) in [6.07, 6.45) is 2.17. The first-order valence-corrected chi connectivity index (χ1v) is 8.70. The molecular formula is C19H25N5O. The molecule has 132 valence electrons. The molecule has 2 aromatic rings. The Morgan fingerprint density at radius 1 is 1.04 bits per heavy atom. The van der Waals surface area contributed by atoms with Crippen LogP contribution < -0.4 is 15.5 Å². The summed E-state index contributed by atoms with van der Waals surface area (Å²) in [6.45, 7) is 6.16. The minimum atomic E-state index is -0.0345. The summed E-state index contributed by atoms with van der Waals surface area (Å²) in [4.78, 5) is 20.4. The zero-order valence-electron chi connectivity index (χ0n) is 14.8. The number of pyridine rings is 1. The van der Waals surface area contributed by atoms with Gasteiger partial charge in [0.25, 0.3) is 0 Å². The van der Waals surface area contributed by atoms with Gasteiger partial charge in [-0.1, -0.05) is 6.92 Å². The van der Waals surface area contributed by atoms with Gasteiger partial charge in [0.2, 0.25) is 5.91 Å². The van der Waals surface area contributed by atoms with Crippen LogP contribution in [0.4, 0.5) is 22.9 Å². The average Bonchev–Trinajstić information content (AvgIpc) is 2.64. The molecule has 1 fully saturated rings. The molecule has 1 aliphatic rings. The number of nitrogens with one attached hydrogen (secondary N) is 2. The van der Waals surface area contributed by atoms with Crippen molar-refractivity contribution >= 4 is 28.8 Å². The van der Waals surface area contributed by atoms with Crippen molar-refractivity contribution in [3.63, 3.8) is 0 Å². The van der Waals surface area contributed by atoms with Crippen LogP contribution in [-0.4, -0.2) is 49.0 Å². The van der Waals surface area contributed by atoms with Crippen LogP contribution >= 0.6 is 0 Å². The molecular weight excluding hydrogens is 314 g/mol. The number of nitrogens with zero attached hydrogens (tertiary/aromatic N) is 3. The van der Waals surface area contributed by atoms with Gasteiger partial charge in [-0.2, -0.15) is 0 Å². The lowest BCUT2D eigenvalue weighted by Crippen LogP contribution is -2.44. The van der Waals surface area contributed by atoms with Gasteiger partial charge >= 0.3 is 0 Å². The zero-order chi connectivity index (χ0) is 17.6. The fraction of sp³-hybridized carbons (Fsp3) is 0.368. The lowest BCUT2D eigenvalue weighted by molar-refractivity contribution is -0.115. The van der Waals surface area contributed by atoms with Gasteiger partial charge in [0.1, 0.15) is 5.82 Å². The molecule has 6 heteroatoms. The summed E-state index contributed by atoms with van der Waals surface area (Å²) in [7, 11) is 2.16. The summed E-state index contributed by atoms with van der Waals surface area (Å²) >= 11 is 0. The molecule has 1 amide bonds. The van der Waals surface area contributed by atoms with Crippen molar-refractivity contribution in [1.82, 2.24) is 9.88 Å². The number of piperazine rings is 1. The highest BCUT2D eigenvalue weighted by Gasteiger charge is 2.13. The van der Waals surface area contributed by atoms with E-state index in [9.17, 15) is 4.79 Å². The van der Waals surface area contributed by atoms with Crippen molar-refractivity contribution in [3.8, 4) is 0 Å². The standard InChI is InChI=1S/C19H25N5O/c1-3-19(25)22-18-9-6-16(14-20-18)21-15-4-7-17(8-5-15)24-12-10-23(2)11-13-24/h4-9,14,21H,3,10-13H2,1-2H3,(H,20,22,25). The Bertz CT molecular complexity index is 691. The fourth-order valence-electron chi connectivity index (χ4n) is 2.76. The molecule has 0 radical (unpaired) electrons. The number of anilines is 4. The molecule has 6 nitrogen and oxygen atoms in total. The Balaban J connectivity index is 1.58. The molecule has 2 heterocycles. The number of amides is 1. The smallest absolute Gasteiger partial charge is 0.225 e. The van der Waals surface area contributed by atoms with Crippen LogP contribution in [0.25, 0.3) is 0 Å². The van der Waals surface area contributed by atoms with E-state index < -0.39 is 0 Å². The number of aromatic nitrogens is 1. The summed E-state index contributed by atoms with van der Waals surface area (Å²) in [6, 6.07) is 12.2. The highest BCUT2D eigenvalue weighted by Crippen LogP contribution is 2.22. The van der Waals surface area contributed by atoms with Crippen LogP contribution in [0.2, 0.25) is 0 Å². The molecule has 1 aliphatic heterocycles. The third-order valence-corrected chi connectivity index (χ3v) is 4.38. The minimum absolute atomic E-state index is 0.0345. The van der Waals surface area contributed by atoms with Crippen molar-refractivity contribution < 1.29 is 4.79 Å². The molecule has 3 rings (SSSR count). The van der Waals surface area contributed by atoms with Crippen LogP contribution in [0.1, 0.15) is 13.3 Å². The van der Waals surface area contributed by atoms with Crippen LogP contribution in [0.15, 0.2) is 42.6 Å². The summed E-state index contributed by atoms with van der Waals surface area (Å²) in [5.41, 5.74) is 3.17. The van der Waals surface area contributed by atoms with Crippen LogP contribution in [-0.2, 0) is 4.79 Å². The molecule has 0 unspecified atom stereocenters. The zero-order valence-corrected chi connectivity index (χ0v) is 14.8. The van der Waals surface area contributed by atoms with E-state index in [0.717, 1.165) is 37.6 Å². The lowest BCUT2D eigenvalue weighted by atomic mass is 10.2. The highest BCUT2D eigenvalue weighted by atomic mass is 16.1. The first-order valence-electron chi connectivity index (χ1n) is 8.70. The van der Waals surface area contributed by atoms with Gasteiger partial charge in [0, 0.05) is 44.0 Å². The van der Waals surface area contributed by atoms with Crippen molar-refractivity contribution in [2.75, 3.05) is 48.8 Å². The summed E-state index contributed by atoms with van der Waals surface area (Å²) in [5, 5.41) is 6.08. The van der Waals surface area contributed by atoms with Gasteiger partial charge in [-0.25, -0.2) is 4.98 Å². The Morgan fingerprint density at radius 2 is 1.72 bits per heavy atom. The Kier molecular flexibility index (Phi) is 5.50. The number of hydrogen-bond acceptors (Lipinski definition) is 5. The van der Waals surface area contributed by atoms with E-state index in [2.05, 4.69) is 56.7 Å². The third kappa shape index (κ3) is 4.70. The SMILES string of the molecule is CCC(=O)Nc1ccc(Nc2ccc(N3CCN(C)CC3)cc2)cn1. The van der Waals surface area contributed by atoms with E-state index in [0.29, 0.717) is 12.2 Å². The molecule has 1 saturated heterocycles. The normalized spacial score (nSPS) is 15.0. The summed E-state index contributed by atoms with van der Waals surface area (Å²) < 4.78 is 0. The molecule has 2 N–H and O–H groups in total. The monoisotopic (exact) mass is 339 g/mol. The highest BCUT2D eigenvalue weighted by molar-refractivity contribution is 5.89. The molecule has 25 heavy (non-hydrogen) atoms. The van der Waals surface area contributed by atoms with E-state index in [-0.39, 0.29) is 5.91 Å². The van der Waals surface area contributed by atoms with Crippen molar-refractivity contribution in [2.45, 2.75) is 13.3 Å². The largest absolute Gasteiger partial charge is 0.369 e. The second kappa shape index (κ2) is 7.98. The van der Waals surface area contributed by atoms with E-state index in [1.807, 2.05) is 13.0 Å². The van der Waals surface area contributed by atoms with Gasteiger partial charge in [0.05, 0.1) is 11.9 Å². The minimum Gasteiger partial charge on any atom is -0.369 e. The predicted octanol–water partition coefficient (Wildman–Crippen LogP) is 2.93. The first kappa shape index (κ1) is 17.2. The van der Waals surface area contributed by atoms with Gasteiger partial charge in [-0.05, 0) is 43.4 Å². The van der Waals surface area contributed by atoms with Gasteiger partial charge in [-0.3, -0.25) is 4.79 Å². The molecule has 0 spiro atoms. The molecule has 0 aliphatic carbocycles. The fourth-order valence-corrected chi connectivity index (χ4v) is 2.76. The molecule has 1 aromatic carbocycles. The Morgan fingerprint density at radius 3 is 2.32 bits per heavy atom. The van der Waals surface area contributed by atoms with E-state index in [4.69, 9.17) is 0 Å². The molecule has 0 bridgehead atoms. The Hall–Kier alpha value is -2.60.